The van der Waals surface area contributed by atoms with Crippen molar-refractivity contribution in [2.45, 2.75) is 32.2 Å². The lowest BCUT2D eigenvalue weighted by Crippen LogP contribution is -2.35. The van der Waals surface area contributed by atoms with Crippen molar-refractivity contribution in [3.63, 3.8) is 0 Å². The van der Waals surface area contributed by atoms with Crippen LogP contribution in [0.2, 0.25) is 0 Å². The van der Waals surface area contributed by atoms with E-state index in [1.807, 2.05) is 24.3 Å². The van der Waals surface area contributed by atoms with E-state index in [4.69, 9.17) is 5.26 Å². The van der Waals surface area contributed by atoms with E-state index in [0.29, 0.717) is 50.0 Å². The summed E-state index contributed by atoms with van der Waals surface area (Å²) in [4.78, 5) is 22.8. The molecule has 0 saturated heterocycles. The van der Waals surface area contributed by atoms with Gasteiger partial charge in [-0.25, -0.2) is 14.4 Å². The number of carbonyl (C=O) groups is 1. The molecular weight excluding hydrogens is 423 g/mol. The number of nitriles is 2. The molecule has 5 rings (SSSR count). The summed E-state index contributed by atoms with van der Waals surface area (Å²) in [5, 5.41) is 25.3. The molecule has 3 heterocycles. The second-order valence-electron chi connectivity index (χ2n) is 8.16. The average Bonchev–Trinajstić information content (AvgIpc) is 3.30. The monoisotopic (exact) mass is 442 g/mol. The Morgan fingerprint density at radius 3 is 2.88 bits per heavy atom. The molecule has 1 aliphatic heterocycles. The molecule has 0 bridgehead atoms. The van der Waals surface area contributed by atoms with Gasteiger partial charge in [-0.3, -0.25) is 9.48 Å². The number of benzene rings is 1. The van der Waals surface area contributed by atoms with Crippen molar-refractivity contribution in [1.29, 1.82) is 10.5 Å². The van der Waals surface area contributed by atoms with Gasteiger partial charge >= 0.3 is 0 Å². The smallest absolute Gasteiger partial charge is 0.247 e. The highest BCUT2D eigenvalue weighted by Crippen LogP contribution is 2.48. The summed E-state index contributed by atoms with van der Waals surface area (Å²) in [6.07, 6.45) is 6.48. The molecule has 2 aliphatic rings. The van der Waals surface area contributed by atoms with Crippen molar-refractivity contribution in [1.82, 2.24) is 19.7 Å². The highest BCUT2D eigenvalue weighted by Gasteiger charge is 2.53. The number of nitrogens with one attached hydrogen (secondary N) is 1. The fourth-order valence-electron chi connectivity index (χ4n) is 3.98. The summed E-state index contributed by atoms with van der Waals surface area (Å²) in [6.45, 7) is 0.965. The first-order chi connectivity index (χ1) is 16.0. The van der Waals surface area contributed by atoms with Gasteiger partial charge in [-0.1, -0.05) is 0 Å². The van der Waals surface area contributed by atoms with Crippen LogP contribution in [0.1, 0.15) is 24.8 Å². The maximum absolute atomic E-state index is 14.4. The summed E-state index contributed by atoms with van der Waals surface area (Å²) >= 11 is 0. The highest BCUT2D eigenvalue weighted by molar-refractivity contribution is 6.02. The molecule has 1 aliphatic carbocycles. The molecule has 0 atom stereocenters. The number of anilines is 3. The number of fused-ring (bicyclic) bond motifs is 1. The molecule has 33 heavy (non-hydrogen) atoms. The zero-order chi connectivity index (χ0) is 23.0. The lowest BCUT2D eigenvalue weighted by Gasteiger charge is -2.20. The van der Waals surface area contributed by atoms with E-state index in [0.717, 1.165) is 17.4 Å². The Morgan fingerprint density at radius 2 is 2.12 bits per heavy atom. The SMILES string of the molecule is N#CCCn1cc(-c2nc(Nc3ccc4c(c3)CCN4C(=O)C3(C#N)CC3)ncc2F)cn1. The normalized spacial score (nSPS) is 15.4. The van der Waals surface area contributed by atoms with Crippen molar-refractivity contribution >= 4 is 23.2 Å². The number of nitrogens with zero attached hydrogens (tertiary/aromatic N) is 7. The van der Waals surface area contributed by atoms with Gasteiger partial charge in [-0.05, 0) is 43.0 Å². The molecule has 3 aromatic rings. The first kappa shape index (κ1) is 20.6. The first-order valence-electron chi connectivity index (χ1n) is 10.6. The Balaban J connectivity index is 1.35. The lowest BCUT2D eigenvalue weighted by atomic mass is 10.1. The number of halogens is 1. The zero-order valence-corrected chi connectivity index (χ0v) is 17.6. The molecule has 9 nitrogen and oxygen atoms in total. The van der Waals surface area contributed by atoms with Gasteiger partial charge in [0.15, 0.2) is 5.82 Å². The minimum atomic E-state index is -0.848. The molecule has 10 heteroatoms. The molecule has 1 fully saturated rings. The third kappa shape index (κ3) is 3.76. The minimum Gasteiger partial charge on any atom is -0.324 e. The van der Waals surface area contributed by atoms with Gasteiger partial charge in [0.1, 0.15) is 11.1 Å². The predicted molar refractivity (Wildman–Crippen MR) is 117 cm³/mol. The molecule has 0 unspecified atom stereocenters. The molecule has 0 radical (unpaired) electrons. The fourth-order valence-corrected chi connectivity index (χ4v) is 3.98. The van der Waals surface area contributed by atoms with E-state index in [1.54, 1.807) is 15.8 Å². The molecule has 2 aromatic heterocycles. The number of hydrogen-bond acceptors (Lipinski definition) is 7. The van der Waals surface area contributed by atoms with E-state index in [2.05, 4.69) is 26.5 Å². The van der Waals surface area contributed by atoms with E-state index in [9.17, 15) is 14.4 Å². The Morgan fingerprint density at radius 1 is 1.27 bits per heavy atom. The van der Waals surface area contributed by atoms with Crippen molar-refractivity contribution in [3.05, 3.63) is 48.2 Å². The largest absolute Gasteiger partial charge is 0.324 e. The standard InChI is InChI=1S/C23H19FN8O/c24-18-12-27-22(30-20(18)16-11-28-31(13-16)8-1-7-25)29-17-2-3-19-15(10-17)4-9-32(19)21(33)23(14-26)5-6-23/h2-3,10-13H,1,4-6,8-9H2,(H,27,29,30). The first-order valence-corrected chi connectivity index (χ1v) is 10.6. The molecular formula is C23H19FN8O. The van der Waals surface area contributed by atoms with E-state index < -0.39 is 11.2 Å². The predicted octanol–water partition coefficient (Wildman–Crippen LogP) is 3.33. The molecule has 0 spiro atoms. The van der Waals surface area contributed by atoms with E-state index in [-0.39, 0.29) is 17.5 Å². The van der Waals surface area contributed by atoms with Crippen molar-refractivity contribution in [3.8, 4) is 23.4 Å². The van der Waals surface area contributed by atoms with Crippen LogP contribution in [0.15, 0.2) is 36.8 Å². The third-order valence-corrected chi connectivity index (χ3v) is 5.95. The van der Waals surface area contributed by atoms with Crippen LogP contribution in [0, 0.1) is 33.9 Å². The van der Waals surface area contributed by atoms with Crippen LogP contribution in [-0.4, -0.2) is 32.2 Å². The van der Waals surface area contributed by atoms with Gasteiger partial charge in [0.05, 0.1) is 37.5 Å². The molecule has 1 amide bonds. The van der Waals surface area contributed by atoms with Gasteiger partial charge < -0.3 is 10.2 Å². The lowest BCUT2D eigenvalue weighted by molar-refractivity contribution is -0.121. The van der Waals surface area contributed by atoms with Gasteiger partial charge in [-0.2, -0.15) is 15.6 Å². The van der Waals surface area contributed by atoms with E-state index >= 15 is 0 Å². The number of hydrogen-bond donors (Lipinski definition) is 1. The highest BCUT2D eigenvalue weighted by atomic mass is 19.1. The number of aromatic nitrogens is 4. The molecule has 1 saturated carbocycles. The fraction of sp³-hybridized carbons (Fsp3) is 0.304. The zero-order valence-electron chi connectivity index (χ0n) is 17.6. The van der Waals surface area contributed by atoms with Gasteiger partial charge in [0, 0.05) is 29.7 Å². The minimum absolute atomic E-state index is 0.111. The Hall–Kier alpha value is -4.31. The van der Waals surface area contributed by atoms with Gasteiger partial charge in [0.25, 0.3) is 0 Å². The summed E-state index contributed by atoms with van der Waals surface area (Å²) < 4.78 is 16.0. The number of amides is 1. The van der Waals surface area contributed by atoms with E-state index in [1.165, 1.54) is 6.20 Å². The quantitative estimate of drug-likeness (QED) is 0.621. The number of aryl methyl sites for hydroxylation is 1. The van der Waals surface area contributed by atoms with Crippen LogP contribution in [0.25, 0.3) is 11.3 Å². The Labute approximate surface area is 189 Å². The topological polar surface area (TPSA) is 124 Å². The Kier molecular flexibility index (Phi) is 4.98. The van der Waals surface area contributed by atoms with Gasteiger partial charge in [0.2, 0.25) is 11.9 Å². The number of rotatable bonds is 6. The van der Waals surface area contributed by atoms with Crippen molar-refractivity contribution < 1.29 is 9.18 Å². The average molecular weight is 442 g/mol. The van der Waals surface area contributed by atoms with Crippen LogP contribution in [0.3, 0.4) is 0 Å². The van der Waals surface area contributed by atoms with Crippen LogP contribution in [-0.2, 0) is 17.8 Å². The molecule has 1 N–H and O–H groups in total. The second-order valence-corrected chi connectivity index (χ2v) is 8.16. The van der Waals surface area contributed by atoms with Crippen molar-refractivity contribution in [2.24, 2.45) is 5.41 Å². The summed E-state index contributed by atoms with van der Waals surface area (Å²) in [5.74, 6) is -0.468. The molecule has 164 valence electrons. The van der Waals surface area contributed by atoms with Gasteiger partial charge in [-0.15, -0.1) is 0 Å². The maximum Gasteiger partial charge on any atom is 0.247 e. The third-order valence-electron chi connectivity index (χ3n) is 5.95. The summed E-state index contributed by atoms with van der Waals surface area (Å²) in [6, 6.07) is 9.79. The second kappa shape index (κ2) is 7.99. The summed E-state index contributed by atoms with van der Waals surface area (Å²) in [5.41, 5.74) is 2.28. The van der Waals surface area contributed by atoms with Crippen LogP contribution in [0.4, 0.5) is 21.7 Å². The van der Waals surface area contributed by atoms with Crippen LogP contribution in [0.5, 0.6) is 0 Å². The Bertz CT molecular complexity index is 1330. The van der Waals surface area contributed by atoms with Crippen LogP contribution >= 0.6 is 0 Å². The summed E-state index contributed by atoms with van der Waals surface area (Å²) in [7, 11) is 0. The molecule has 1 aromatic carbocycles. The maximum atomic E-state index is 14.4. The van der Waals surface area contributed by atoms with Crippen LogP contribution < -0.4 is 10.2 Å². The van der Waals surface area contributed by atoms with Crippen molar-refractivity contribution in [2.75, 3.05) is 16.8 Å². The number of carbonyl (C=O) groups excluding carboxylic acids is 1.